The summed E-state index contributed by atoms with van der Waals surface area (Å²) in [6.45, 7) is 10.8. The fourth-order valence-corrected chi connectivity index (χ4v) is 5.66. The Morgan fingerprint density at radius 1 is 1.07 bits per heavy atom. The molecular weight excluding hydrogens is 388 g/mol. The number of hydrogen-bond acceptors (Lipinski definition) is 3. The van der Waals surface area contributed by atoms with Gasteiger partial charge in [0.15, 0.2) is 0 Å². The van der Waals surface area contributed by atoms with Gasteiger partial charge in [-0.25, -0.2) is 0 Å². The third kappa shape index (κ3) is 5.78. The highest BCUT2D eigenvalue weighted by atomic mass is 32.2. The lowest BCUT2D eigenvalue weighted by Crippen LogP contribution is -2.39. The normalized spacial score (nSPS) is 23.5. The van der Waals surface area contributed by atoms with Gasteiger partial charge in [0, 0.05) is 10.8 Å². The highest BCUT2D eigenvalue weighted by molar-refractivity contribution is 8.00. The van der Waals surface area contributed by atoms with E-state index in [1.165, 1.54) is 6.42 Å². The fraction of sp³-hybridized carbons (Fsp3) is 0.444. The number of ether oxygens (including phenoxy) is 1. The molecule has 0 aromatic heterocycles. The highest BCUT2D eigenvalue weighted by Crippen LogP contribution is 2.39. The summed E-state index contributed by atoms with van der Waals surface area (Å²) in [7, 11) is 0. The molecule has 0 radical (unpaired) electrons. The Hall–Kier alpha value is -2.00. The Labute approximate surface area is 186 Å². The van der Waals surface area contributed by atoms with Crippen molar-refractivity contribution in [3.8, 4) is 0 Å². The first kappa shape index (κ1) is 22.7. The average Bonchev–Trinajstić information content (AvgIpc) is 2.75. The second kappa shape index (κ2) is 10.9. The zero-order chi connectivity index (χ0) is 21.5. The molecule has 0 aliphatic heterocycles. The van der Waals surface area contributed by atoms with Gasteiger partial charge in [0.1, 0.15) is 11.4 Å². The van der Waals surface area contributed by atoms with Crippen LogP contribution in [-0.4, -0.2) is 17.3 Å². The van der Waals surface area contributed by atoms with E-state index in [0.29, 0.717) is 17.8 Å². The maximum Gasteiger partial charge on any atom is 0.320 e. The van der Waals surface area contributed by atoms with Crippen molar-refractivity contribution in [3.63, 3.8) is 0 Å². The van der Waals surface area contributed by atoms with Gasteiger partial charge in [-0.2, -0.15) is 0 Å². The number of rotatable bonds is 8. The molecule has 0 N–H and O–H groups in total. The van der Waals surface area contributed by atoms with Gasteiger partial charge in [-0.1, -0.05) is 81.8 Å². The van der Waals surface area contributed by atoms with Gasteiger partial charge in [-0.05, 0) is 48.3 Å². The van der Waals surface area contributed by atoms with E-state index in [9.17, 15) is 4.79 Å². The van der Waals surface area contributed by atoms with E-state index in [0.717, 1.165) is 23.3 Å². The molecule has 1 aliphatic rings. The van der Waals surface area contributed by atoms with Gasteiger partial charge in [-0.15, -0.1) is 18.3 Å². The van der Waals surface area contributed by atoms with Crippen LogP contribution in [0.15, 0.2) is 78.2 Å². The van der Waals surface area contributed by atoms with Crippen LogP contribution < -0.4 is 0 Å². The Morgan fingerprint density at radius 3 is 2.30 bits per heavy atom. The minimum atomic E-state index is -0.364. The van der Waals surface area contributed by atoms with Crippen LogP contribution in [0.1, 0.15) is 51.5 Å². The zero-order valence-electron chi connectivity index (χ0n) is 18.4. The van der Waals surface area contributed by atoms with Crippen molar-refractivity contribution in [1.29, 1.82) is 0 Å². The molecular formula is C27H34O2S. The second-order valence-corrected chi connectivity index (χ2v) is 10.0. The summed E-state index contributed by atoms with van der Waals surface area (Å²) >= 11 is 1.58. The highest BCUT2D eigenvalue weighted by Gasteiger charge is 2.37. The number of allylic oxidation sites excluding steroid dienone is 1. The molecule has 2 nitrogen and oxygen atoms in total. The molecule has 0 spiro atoms. The first-order valence-electron chi connectivity index (χ1n) is 11.1. The number of thioether (sulfide) groups is 1. The van der Waals surface area contributed by atoms with Gasteiger partial charge in [-0.3, -0.25) is 4.79 Å². The largest absolute Gasteiger partial charge is 0.461 e. The van der Waals surface area contributed by atoms with Gasteiger partial charge in [0.2, 0.25) is 0 Å². The molecule has 2 aromatic rings. The van der Waals surface area contributed by atoms with Crippen molar-refractivity contribution in [3.05, 3.63) is 78.9 Å². The monoisotopic (exact) mass is 422 g/mol. The molecule has 0 amide bonds. The standard InChI is InChI=1S/C27H34O2S/c1-5-23(21-12-8-6-9-13-21)26(30-22-14-10-7-11-15-22)27(28)29-25-18-20(4)16-17-24(25)19(2)3/h5-15,19-20,23-26H,1,16-18H2,2-4H3/t20?,23-,24?,25?,26-/m1/s1. The van der Waals surface area contributed by atoms with Gasteiger partial charge < -0.3 is 4.74 Å². The molecule has 1 saturated carbocycles. The van der Waals surface area contributed by atoms with Crippen LogP contribution in [0.3, 0.4) is 0 Å². The molecule has 3 heteroatoms. The second-order valence-electron chi connectivity index (χ2n) is 8.83. The summed E-state index contributed by atoms with van der Waals surface area (Å²) in [5.41, 5.74) is 1.09. The molecule has 1 fully saturated rings. The fourth-order valence-electron chi connectivity index (χ4n) is 4.49. The summed E-state index contributed by atoms with van der Waals surface area (Å²) in [5.74, 6) is 1.32. The average molecular weight is 423 g/mol. The van der Waals surface area contributed by atoms with Crippen LogP contribution >= 0.6 is 11.8 Å². The number of carbonyl (C=O) groups excluding carboxylic acids is 1. The maximum atomic E-state index is 13.6. The quantitative estimate of drug-likeness (QED) is 0.257. The Kier molecular flexibility index (Phi) is 8.21. The lowest BCUT2D eigenvalue weighted by Gasteiger charge is -2.37. The smallest absolute Gasteiger partial charge is 0.320 e. The molecule has 30 heavy (non-hydrogen) atoms. The minimum Gasteiger partial charge on any atom is -0.461 e. The van der Waals surface area contributed by atoms with Crippen LogP contribution in [0.5, 0.6) is 0 Å². The molecule has 0 saturated heterocycles. The molecule has 0 bridgehead atoms. The number of carbonyl (C=O) groups is 1. The molecule has 1 aliphatic carbocycles. The molecule has 3 unspecified atom stereocenters. The third-order valence-electron chi connectivity index (χ3n) is 6.23. The van der Waals surface area contributed by atoms with Crippen LogP contribution in [0, 0.1) is 17.8 Å². The van der Waals surface area contributed by atoms with Crippen molar-refractivity contribution < 1.29 is 9.53 Å². The number of esters is 1. The van der Waals surface area contributed by atoms with E-state index in [-0.39, 0.29) is 23.2 Å². The Balaban J connectivity index is 1.86. The van der Waals surface area contributed by atoms with Crippen LogP contribution in [-0.2, 0) is 9.53 Å². The molecule has 3 rings (SSSR count). The summed E-state index contributed by atoms with van der Waals surface area (Å²) in [4.78, 5) is 14.6. The minimum absolute atomic E-state index is 0.00126. The molecule has 2 aromatic carbocycles. The number of benzene rings is 2. The van der Waals surface area contributed by atoms with Gasteiger partial charge in [0.05, 0.1) is 0 Å². The van der Waals surface area contributed by atoms with Crippen molar-refractivity contribution >= 4 is 17.7 Å². The van der Waals surface area contributed by atoms with Crippen LogP contribution in [0.4, 0.5) is 0 Å². The van der Waals surface area contributed by atoms with Crippen molar-refractivity contribution in [2.24, 2.45) is 17.8 Å². The predicted molar refractivity (Wildman–Crippen MR) is 127 cm³/mol. The van der Waals surface area contributed by atoms with E-state index in [1.807, 2.05) is 42.5 Å². The first-order chi connectivity index (χ1) is 14.5. The van der Waals surface area contributed by atoms with Gasteiger partial charge in [0.25, 0.3) is 0 Å². The Morgan fingerprint density at radius 2 is 1.70 bits per heavy atom. The lowest BCUT2D eigenvalue weighted by atomic mass is 9.75. The van der Waals surface area contributed by atoms with E-state index >= 15 is 0 Å². The summed E-state index contributed by atoms with van der Waals surface area (Å²) in [6, 6.07) is 20.3. The topological polar surface area (TPSA) is 26.3 Å². The number of hydrogen-bond donors (Lipinski definition) is 0. The maximum absolute atomic E-state index is 13.6. The summed E-state index contributed by atoms with van der Waals surface area (Å²) in [5, 5.41) is -0.364. The van der Waals surface area contributed by atoms with Crippen molar-refractivity contribution in [2.75, 3.05) is 0 Å². The summed E-state index contributed by atoms with van der Waals surface area (Å²) in [6.07, 6.45) is 5.21. The first-order valence-corrected chi connectivity index (χ1v) is 12.0. The molecule has 0 heterocycles. The summed E-state index contributed by atoms with van der Waals surface area (Å²) < 4.78 is 6.27. The van der Waals surface area contributed by atoms with E-state index < -0.39 is 0 Å². The molecule has 5 atom stereocenters. The predicted octanol–water partition coefficient (Wildman–Crippen LogP) is 7.12. The Bertz CT molecular complexity index is 802. The van der Waals surface area contributed by atoms with E-state index in [1.54, 1.807) is 11.8 Å². The van der Waals surface area contributed by atoms with Crippen molar-refractivity contribution in [1.82, 2.24) is 0 Å². The van der Waals surface area contributed by atoms with E-state index in [2.05, 4.69) is 51.6 Å². The SMILES string of the molecule is C=C[C@H](c1ccccc1)[C@@H](Sc1ccccc1)C(=O)OC1CC(C)CCC1C(C)C. The van der Waals surface area contributed by atoms with Gasteiger partial charge >= 0.3 is 5.97 Å². The van der Waals surface area contributed by atoms with Crippen LogP contribution in [0.2, 0.25) is 0 Å². The van der Waals surface area contributed by atoms with Crippen molar-refractivity contribution in [2.45, 2.75) is 62.2 Å². The molecule has 160 valence electrons. The van der Waals surface area contributed by atoms with Crippen LogP contribution in [0.25, 0.3) is 0 Å². The lowest BCUT2D eigenvalue weighted by molar-refractivity contribution is -0.155. The zero-order valence-corrected chi connectivity index (χ0v) is 19.2. The third-order valence-corrected chi connectivity index (χ3v) is 7.52. The van der Waals surface area contributed by atoms with E-state index in [4.69, 9.17) is 4.74 Å².